The number of hydrogen-bond donors (Lipinski definition) is 2. The maximum absolute atomic E-state index is 13.1. The summed E-state index contributed by atoms with van der Waals surface area (Å²) in [6.07, 6.45) is 0. The average molecular weight is 543 g/mol. The van der Waals surface area contributed by atoms with Crippen molar-refractivity contribution in [2.45, 2.75) is 65.0 Å². The van der Waals surface area contributed by atoms with E-state index >= 15 is 0 Å². The maximum Gasteiger partial charge on any atom is 0.331 e. The molecule has 2 unspecified atom stereocenters. The minimum absolute atomic E-state index is 0.107. The average Bonchev–Trinajstić information content (AvgIpc) is 2.87. The topological polar surface area (TPSA) is 111 Å². The van der Waals surface area contributed by atoms with Crippen molar-refractivity contribution in [3.05, 3.63) is 60.2 Å². The molecule has 206 valence electrons. The van der Waals surface area contributed by atoms with Crippen LogP contribution in [-0.2, 0) is 35.3 Å². The number of thioether (sulfide) groups is 1. The quantitative estimate of drug-likeness (QED) is 0.366. The van der Waals surface area contributed by atoms with Crippen molar-refractivity contribution in [2.75, 3.05) is 13.2 Å². The second kappa shape index (κ2) is 14.7. The molecule has 0 fully saturated rings. The van der Waals surface area contributed by atoms with Crippen LogP contribution in [0.1, 0.15) is 47.1 Å². The molecule has 0 aromatic heterocycles. The lowest BCUT2D eigenvalue weighted by atomic mass is 10.0. The summed E-state index contributed by atoms with van der Waals surface area (Å²) < 4.78 is 10.9. The second-order valence-electron chi connectivity index (χ2n) is 9.74. The zero-order valence-corrected chi connectivity index (χ0v) is 23.7. The summed E-state index contributed by atoms with van der Waals surface area (Å²) in [6.45, 7) is 10.1. The molecule has 2 atom stereocenters. The zero-order chi connectivity index (χ0) is 28.3. The van der Waals surface area contributed by atoms with Gasteiger partial charge < -0.3 is 20.1 Å². The molecular weight excluding hydrogens is 504 g/mol. The number of nitrogens with one attached hydrogen (secondary N) is 2. The Hall–Kier alpha value is -3.17. The van der Waals surface area contributed by atoms with Gasteiger partial charge in [-0.05, 0) is 43.4 Å². The minimum Gasteiger partial charge on any atom is -0.464 e. The molecule has 2 aromatic rings. The van der Waals surface area contributed by atoms with Crippen LogP contribution in [0.2, 0.25) is 0 Å². The molecule has 0 aliphatic heterocycles. The zero-order valence-electron chi connectivity index (χ0n) is 22.9. The highest BCUT2D eigenvalue weighted by molar-refractivity contribution is 8.14. The van der Waals surface area contributed by atoms with Crippen LogP contribution in [0.25, 0.3) is 11.1 Å². The number of rotatable bonds is 13. The molecule has 0 saturated carbocycles. The first-order valence-electron chi connectivity index (χ1n) is 12.6. The Morgan fingerprint density at radius 3 is 2.11 bits per heavy atom. The molecule has 2 amide bonds. The van der Waals surface area contributed by atoms with Crippen molar-refractivity contribution in [1.82, 2.24) is 10.6 Å². The molecule has 0 aliphatic carbocycles. The van der Waals surface area contributed by atoms with E-state index in [1.54, 1.807) is 6.92 Å². The Morgan fingerprint density at radius 2 is 1.55 bits per heavy atom. The monoisotopic (exact) mass is 542 g/mol. The predicted molar refractivity (Wildman–Crippen MR) is 149 cm³/mol. The molecule has 0 heterocycles. The van der Waals surface area contributed by atoms with Gasteiger partial charge in [0.05, 0.1) is 25.1 Å². The normalized spacial score (nSPS) is 12.9. The van der Waals surface area contributed by atoms with Crippen LogP contribution in [0.4, 0.5) is 0 Å². The van der Waals surface area contributed by atoms with Crippen LogP contribution in [0.3, 0.4) is 0 Å². The predicted octanol–water partition coefficient (Wildman–Crippen LogP) is 4.12. The maximum atomic E-state index is 13.1. The van der Waals surface area contributed by atoms with Gasteiger partial charge in [-0.2, -0.15) is 0 Å². The summed E-state index contributed by atoms with van der Waals surface area (Å²) in [4.78, 5) is 50.0. The molecule has 0 radical (unpaired) electrons. The third-order valence-electron chi connectivity index (χ3n) is 5.65. The molecule has 2 rings (SSSR count). The fraction of sp³-hybridized carbons (Fsp3) is 0.448. The molecule has 2 aromatic carbocycles. The third-order valence-corrected chi connectivity index (χ3v) is 7.00. The number of esters is 1. The van der Waals surface area contributed by atoms with E-state index in [4.69, 9.17) is 9.47 Å². The van der Waals surface area contributed by atoms with E-state index in [-0.39, 0.29) is 30.9 Å². The van der Waals surface area contributed by atoms with Crippen LogP contribution in [0.5, 0.6) is 0 Å². The highest BCUT2D eigenvalue weighted by Gasteiger charge is 2.36. The molecule has 0 bridgehead atoms. The fourth-order valence-electron chi connectivity index (χ4n) is 3.58. The summed E-state index contributed by atoms with van der Waals surface area (Å²) in [5.41, 5.74) is 1.75. The van der Waals surface area contributed by atoms with Gasteiger partial charge in [0.15, 0.2) is 11.2 Å². The van der Waals surface area contributed by atoms with E-state index in [0.717, 1.165) is 28.5 Å². The van der Waals surface area contributed by atoms with Gasteiger partial charge in [0.25, 0.3) is 0 Å². The van der Waals surface area contributed by atoms with Gasteiger partial charge in [0, 0.05) is 6.92 Å². The number of hydrogen-bond acceptors (Lipinski definition) is 7. The Bertz CT molecular complexity index is 1090. The number of carbonyl (C=O) groups excluding carboxylic acids is 4. The van der Waals surface area contributed by atoms with Gasteiger partial charge in [-0.15, -0.1) is 0 Å². The Balaban J connectivity index is 2.01. The van der Waals surface area contributed by atoms with Crippen LogP contribution in [-0.4, -0.2) is 52.9 Å². The molecule has 9 heteroatoms. The SMILES string of the molecule is CCOC(=O)C(COCc1ccc(-c2ccccc2)cc1)NC(=O)C(C)(C)NC(=O)C(SC(C)=O)C(C)C. The largest absolute Gasteiger partial charge is 0.464 e. The molecule has 2 N–H and O–H groups in total. The summed E-state index contributed by atoms with van der Waals surface area (Å²) >= 11 is 0.925. The first-order chi connectivity index (χ1) is 17.9. The van der Waals surface area contributed by atoms with Crippen LogP contribution >= 0.6 is 11.8 Å². The highest BCUT2D eigenvalue weighted by atomic mass is 32.2. The van der Waals surface area contributed by atoms with Crippen LogP contribution < -0.4 is 10.6 Å². The standard InChI is InChI=1S/C29H38N2O6S/c1-7-37-27(34)24(18-36-17-21-13-15-23(16-14-21)22-11-9-8-10-12-22)30-28(35)29(5,6)31-26(33)25(19(2)3)38-20(4)32/h8-16,19,24-25H,7,17-18H2,1-6H3,(H,30,35)(H,31,33). The van der Waals surface area contributed by atoms with Gasteiger partial charge in [-0.25, -0.2) is 4.79 Å². The Morgan fingerprint density at radius 1 is 0.947 bits per heavy atom. The van der Waals surface area contributed by atoms with E-state index in [1.165, 1.54) is 20.8 Å². The summed E-state index contributed by atoms with van der Waals surface area (Å²) in [6, 6.07) is 16.8. The van der Waals surface area contributed by atoms with Crippen molar-refractivity contribution in [2.24, 2.45) is 5.92 Å². The van der Waals surface area contributed by atoms with Gasteiger partial charge >= 0.3 is 5.97 Å². The van der Waals surface area contributed by atoms with Crippen molar-refractivity contribution in [3.8, 4) is 11.1 Å². The number of carbonyl (C=O) groups is 4. The lowest BCUT2D eigenvalue weighted by Gasteiger charge is -2.30. The molecule has 38 heavy (non-hydrogen) atoms. The fourth-order valence-corrected chi connectivity index (χ4v) is 4.37. The molecule has 0 saturated heterocycles. The lowest BCUT2D eigenvalue weighted by molar-refractivity contribution is -0.150. The summed E-state index contributed by atoms with van der Waals surface area (Å²) in [5, 5.41) is 4.52. The van der Waals surface area contributed by atoms with Gasteiger partial charge in [0.1, 0.15) is 5.54 Å². The second-order valence-corrected chi connectivity index (χ2v) is 11.1. The molecule has 8 nitrogen and oxygen atoms in total. The number of benzene rings is 2. The summed E-state index contributed by atoms with van der Waals surface area (Å²) in [7, 11) is 0. The van der Waals surface area contributed by atoms with E-state index in [9.17, 15) is 19.2 Å². The molecular formula is C29H38N2O6S. The van der Waals surface area contributed by atoms with Gasteiger partial charge in [-0.1, -0.05) is 80.2 Å². The molecule has 0 aliphatic rings. The minimum atomic E-state index is -1.35. The van der Waals surface area contributed by atoms with Crippen molar-refractivity contribution < 1.29 is 28.7 Å². The van der Waals surface area contributed by atoms with Crippen LogP contribution in [0, 0.1) is 5.92 Å². The Labute approximate surface area is 229 Å². The smallest absolute Gasteiger partial charge is 0.331 e. The van der Waals surface area contributed by atoms with Crippen molar-refractivity contribution in [3.63, 3.8) is 0 Å². The molecule has 0 spiro atoms. The Kier molecular flexibility index (Phi) is 12.0. The van der Waals surface area contributed by atoms with Gasteiger partial charge in [-0.3, -0.25) is 14.4 Å². The van der Waals surface area contributed by atoms with E-state index in [0.29, 0.717) is 0 Å². The van der Waals surface area contributed by atoms with E-state index in [1.807, 2.05) is 68.4 Å². The third kappa shape index (κ3) is 9.61. The lowest BCUT2D eigenvalue weighted by Crippen LogP contribution is -2.60. The van der Waals surface area contributed by atoms with E-state index < -0.39 is 34.6 Å². The number of amides is 2. The van der Waals surface area contributed by atoms with Crippen LogP contribution in [0.15, 0.2) is 54.6 Å². The first-order valence-corrected chi connectivity index (χ1v) is 13.5. The van der Waals surface area contributed by atoms with E-state index in [2.05, 4.69) is 10.6 Å². The van der Waals surface area contributed by atoms with Gasteiger partial charge in [0.2, 0.25) is 11.8 Å². The number of ether oxygens (including phenoxy) is 2. The summed E-state index contributed by atoms with van der Waals surface area (Å²) in [5.74, 6) is -1.75. The first kappa shape index (κ1) is 31.1. The highest BCUT2D eigenvalue weighted by Crippen LogP contribution is 2.22. The van der Waals surface area contributed by atoms with Crippen molar-refractivity contribution >= 4 is 34.7 Å². The van der Waals surface area contributed by atoms with Crippen molar-refractivity contribution in [1.29, 1.82) is 0 Å².